The van der Waals surface area contributed by atoms with Crippen LogP contribution in [0.1, 0.15) is 25.7 Å². The van der Waals surface area contributed by atoms with E-state index in [1.54, 1.807) is 6.26 Å². The molecule has 88 valence electrons. The zero-order valence-corrected chi connectivity index (χ0v) is 10.1. The highest BCUT2D eigenvalue weighted by molar-refractivity contribution is 8.13. The lowest BCUT2D eigenvalue weighted by Gasteiger charge is -2.12. The molecule has 0 unspecified atom stereocenters. The molecule has 2 amide bonds. The van der Waals surface area contributed by atoms with Gasteiger partial charge in [0.2, 0.25) is 0 Å². The number of hydrogen-bond acceptors (Lipinski definition) is 4. The molecule has 4 nitrogen and oxygen atoms in total. The fourth-order valence-corrected chi connectivity index (χ4v) is 1.82. The van der Waals surface area contributed by atoms with E-state index < -0.39 is 0 Å². The standard InChI is InChI=1S/C11H15NO3S/c1-16-11(15)5-3-2-4-8-12-9(13)6-7-10(12)14/h6-7H,2-5,8H2,1H3. The molecule has 1 aliphatic rings. The lowest BCUT2D eigenvalue weighted by Crippen LogP contribution is -2.30. The number of imide groups is 1. The van der Waals surface area contributed by atoms with Crippen LogP contribution in [0.5, 0.6) is 0 Å². The van der Waals surface area contributed by atoms with Gasteiger partial charge in [-0.05, 0) is 19.1 Å². The van der Waals surface area contributed by atoms with Gasteiger partial charge in [-0.3, -0.25) is 19.3 Å². The van der Waals surface area contributed by atoms with E-state index in [-0.39, 0.29) is 16.9 Å². The summed E-state index contributed by atoms with van der Waals surface area (Å²) in [6.07, 6.45) is 7.38. The minimum atomic E-state index is -0.231. The van der Waals surface area contributed by atoms with Gasteiger partial charge < -0.3 is 0 Å². The van der Waals surface area contributed by atoms with Crippen molar-refractivity contribution in [2.45, 2.75) is 25.7 Å². The molecule has 0 aromatic carbocycles. The van der Waals surface area contributed by atoms with Crippen LogP contribution in [0.2, 0.25) is 0 Å². The molecule has 0 bridgehead atoms. The number of carbonyl (C=O) groups excluding carboxylic acids is 3. The molecule has 0 spiro atoms. The van der Waals surface area contributed by atoms with E-state index in [0.717, 1.165) is 19.3 Å². The Labute approximate surface area is 99.1 Å². The summed E-state index contributed by atoms with van der Waals surface area (Å²) in [7, 11) is 0. The predicted molar refractivity (Wildman–Crippen MR) is 62.9 cm³/mol. The first-order chi connectivity index (χ1) is 7.65. The minimum absolute atomic E-state index is 0.190. The Kier molecular flexibility index (Phi) is 5.25. The molecule has 0 atom stereocenters. The number of rotatable bonds is 6. The minimum Gasteiger partial charge on any atom is -0.287 e. The average Bonchev–Trinajstić information content (AvgIpc) is 2.59. The SMILES string of the molecule is CSC(=O)CCCCCN1C(=O)C=CC1=O. The Balaban J connectivity index is 2.10. The summed E-state index contributed by atoms with van der Waals surface area (Å²) >= 11 is 1.24. The molecular formula is C11H15NO3S. The molecule has 16 heavy (non-hydrogen) atoms. The summed E-state index contributed by atoms with van der Waals surface area (Å²) in [6.45, 7) is 0.456. The quantitative estimate of drug-likeness (QED) is 0.520. The van der Waals surface area contributed by atoms with Gasteiger partial charge in [0.25, 0.3) is 11.8 Å². The van der Waals surface area contributed by atoms with Gasteiger partial charge in [0.15, 0.2) is 5.12 Å². The van der Waals surface area contributed by atoms with Crippen LogP contribution in [0.15, 0.2) is 12.2 Å². The van der Waals surface area contributed by atoms with E-state index in [0.29, 0.717) is 13.0 Å². The Morgan fingerprint density at radius 3 is 2.38 bits per heavy atom. The monoisotopic (exact) mass is 241 g/mol. The van der Waals surface area contributed by atoms with Gasteiger partial charge >= 0.3 is 0 Å². The van der Waals surface area contributed by atoms with Crippen molar-refractivity contribution in [3.05, 3.63) is 12.2 Å². The van der Waals surface area contributed by atoms with Crippen molar-refractivity contribution < 1.29 is 14.4 Å². The number of amides is 2. The topological polar surface area (TPSA) is 54.5 Å². The number of thioether (sulfide) groups is 1. The van der Waals surface area contributed by atoms with Gasteiger partial charge in [-0.15, -0.1) is 0 Å². The highest BCUT2D eigenvalue weighted by Crippen LogP contribution is 2.09. The molecule has 1 heterocycles. The van der Waals surface area contributed by atoms with Crippen LogP contribution in [0.3, 0.4) is 0 Å². The van der Waals surface area contributed by atoms with Gasteiger partial charge in [0, 0.05) is 25.1 Å². The summed E-state index contributed by atoms with van der Waals surface area (Å²) in [6, 6.07) is 0. The second kappa shape index (κ2) is 6.48. The Morgan fingerprint density at radius 1 is 1.19 bits per heavy atom. The Morgan fingerprint density at radius 2 is 1.81 bits per heavy atom. The summed E-state index contributed by atoms with van der Waals surface area (Å²) in [4.78, 5) is 34.5. The van der Waals surface area contributed by atoms with E-state index in [4.69, 9.17) is 0 Å². The van der Waals surface area contributed by atoms with Crippen molar-refractivity contribution in [2.24, 2.45) is 0 Å². The molecule has 0 fully saturated rings. The molecule has 5 heteroatoms. The summed E-state index contributed by atoms with van der Waals surface area (Å²) in [5.41, 5.74) is 0. The van der Waals surface area contributed by atoms with Crippen molar-refractivity contribution in [3.63, 3.8) is 0 Å². The molecule has 0 aromatic rings. The highest BCUT2D eigenvalue weighted by Gasteiger charge is 2.22. The van der Waals surface area contributed by atoms with Gasteiger partial charge in [0.1, 0.15) is 0 Å². The van der Waals surface area contributed by atoms with Crippen LogP contribution in [0.25, 0.3) is 0 Å². The second-order valence-corrected chi connectivity index (χ2v) is 4.41. The third kappa shape index (κ3) is 3.81. The molecule has 0 radical (unpaired) electrons. The van der Waals surface area contributed by atoms with E-state index in [9.17, 15) is 14.4 Å². The number of carbonyl (C=O) groups is 3. The first-order valence-corrected chi connectivity index (χ1v) is 6.48. The number of nitrogens with zero attached hydrogens (tertiary/aromatic N) is 1. The molecule has 1 rings (SSSR count). The maximum absolute atomic E-state index is 11.2. The zero-order chi connectivity index (χ0) is 12.0. The van der Waals surface area contributed by atoms with Crippen molar-refractivity contribution in [3.8, 4) is 0 Å². The summed E-state index contributed by atoms with van der Waals surface area (Å²) < 4.78 is 0. The number of hydrogen-bond donors (Lipinski definition) is 0. The van der Waals surface area contributed by atoms with Crippen LogP contribution in [-0.2, 0) is 14.4 Å². The maximum atomic E-state index is 11.2. The van der Waals surface area contributed by atoms with E-state index in [1.807, 2.05) is 0 Å². The summed E-state index contributed by atoms with van der Waals surface area (Å²) in [5, 5.41) is 0.190. The third-order valence-electron chi connectivity index (χ3n) is 2.39. The van der Waals surface area contributed by atoms with Gasteiger partial charge in [-0.2, -0.15) is 0 Å². The summed E-state index contributed by atoms with van der Waals surface area (Å²) in [5.74, 6) is -0.463. The molecule has 0 saturated heterocycles. The molecular weight excluding hydrogens is 226 g/mol. The lowest BCUT2D eigenvalue weighted by molar-refractivity contribution is -0.136. The lowest BCUT2D eigenvalue weighted by atomic mass is 10.2. The predicted octanol–water partition coefficient (Wildman–Crippen LogP) is 1.36. The molecule has 0 aromatic heterocycles. The van der Waals surface area contributed by atoms with Gasteiger partial charge in [0.05, 0.1) is 0 Å². The molecule has 1 aliphatic heterocycles. The van der Waals surface area contributed by atoms with Crippen molar-refractivity contribution in [1.29, 1.82) is 0 Å². The van der Waals surface area contributed by atoms with E-state index >= 15 is 0 Å². The van der Waals surface area contributed by atoms with Crippen LogP contribution < -0.4 is 0 Å². The van der Waals surface area contributed by atoms with E-state index in [2.05, 4.69) is 0 Å². The Bertz CT molecular complexity index is 307. The average molecular weight is 241 g/mol. The normalized spacial score (nSPS) is 14.9. The van der Waals surface area contributed by atoms with Gasteiger partial charge in [-0.1, -0.05) is 18.2 Å². The zero-order valence-electron chi connectivity index (χ0n) is 9.27. The van der Waals surface area contributed by atoms with Crippen molar-refractivity contribution >= 4 is 28.7 Å². The van der Waals surface area contributed by atoms with E-state index in [1.165, 1.54) is 28.8 Å². The smallest absolute Gasteiger partial charge is 0.253 e. The van der Waals surface area contributed by atoms with Crippen LogP contribution in [0.4, 0.5) is 0 Å². The Hall–Kier alpha value is -1.10. The second-order valence-electron chi connectivity index (χ2n) is 3.55. The highest BCUT2D eigenvalue weighted by atomic mass is 32.2. The fraction of sp³-hybridized carbons (Fsp3) is 0.545. The van der Waals surface area contributed by atoms with Crippen LogP contribution >= 0.6 is 11.8 Å². The number of unbranched alkanes of at least 4 members (excludes halogenated alkanes) is 2. The fourth-order valence-electron chi connectivity index (χ4n) is 1.47. The largest absolute Gasteiger partial charge is 0.287 e. The third-order valence-corrected chi connectivity index (χ3v) is 3.05. The van der Waals surface area contributed by atoms with Gasteiger partial charge in [-0.25, -0.2) is 0 Å². The van der Waals surface area contributed by atoms with Crippen LogP contribution in [0, 0.1) is 0 Å². The first kappa shape index (κ1) is 13.0. The first-order valence-electron chi connectivity index (χ1n) is 5.25. The van der Waals surface area contributed by atoms with Crippen molar-refractivity contribution in [2.75, 3.05) is 12.8 Å². The van der Waals surface area contributed by atoms with Crippen molar-refractivity contribution in [1.82, 2.24) is 4.90 Å². The molecule has 0 aliphatic carbocycles. The van der Waals surface area contributed by atoms with Crippen LogP contribution in [-0.4, -0.2) is 34.6 Å². The maximum Gasteiger partial charge on any atom is 0.253 e. The molecule has 0 N–H and O–H groups in total. The molecule has 0 saturated carbocycles.